The Kier molecular flexibility index (Phi) is 4.50. The number of carbonyl (C=O) groups is 2. The SMILES string of the molecule is O=C1CCCCC(C(=O)OC2CN3CCC2CC3)(c2ccccc2)N1. The van der Waals surface area contributed by atoms with Crippen LogP contribution in [0.2, 0.25) is 0 Å². The smallest absolute Gasteiger partial charge is 0.336 e. The van der Waals surface area contributed by atoms with Gasteiger partial charge in [-0.1, -0.05) is 30.3 Å². The van der Waals surface area contributed by atoms with E-state index in [9.17, 15) is 9.59 Å². The van der Waals surface area contributed by atoms with Crippen LogP contribution < -0.4 is 5.32 Å². The molecule has 5 rings (SSSR count). The van der Waals surface area contributed by atoms with Crippen molar-refractivity contribution >= 4 is 11.9 Å². The molecule has 134 valence electrons. The van der Waals surface area contributed by atoms with Gasteiger partial charge in [0.1, 0.15) is 6.10 Å². The van der Waals surface area contributed by atoms with Crippen LogP contribution in [0.25, 0.3) is 0 Å². The van der Waals surface area contributed by atoms with Gasteiger partial charge in [0.2, 0.25) is 5.91 Å². The Labute approximate surface area is 148 Å². The zero-order chi connectivity index (χ0) is 17.3. The fourth-order valence-corrected chi connectivity index (χ4v) is 4.53. The number of carbonyl (C=O) groups excluding carboxylic acids is 2. The van der Waals surface area contributed by atoms with Crippen LogP contribution in [-0.4, -0.2) is 42.5 Å². The molecule has 1 aromatic carbocycles. The maximum Gasteiger partial charge on any atom is 0.336 e. The van der Waals surface area contributed by atoms with Crippen molar-refractivity contribution in [1.29, 1.82) is 0 Å². The average molecular weight is 342 g/mol. The van der Waals surface area contributed by atoms with E-state index in [-0.39, 0.29) is 18.0 Å². The molecule has 0 aromatic heterocycles. The van der Waals surface area contributed by atoms with Crippen LogP contribution in [0.15, 0.2) is 30.3 Å². The van der Waals surface area contributed by atoms with Crippen molar-refractivity contribution < 1.29 is 14.3 Å². The van der Waals surface area contributed by atoms with Crippen molar-refractivity contribution in [3.8, 4) is 0 Å². The summed E-state index contributed by atoms with van der Waals surface area (Å²) in [4.78, 5) is 28.0. The van der Waals surface area contributed by atoms with Gasteiger partial charge in [-0.05, 0) is 56.7 Å². The van der Waals surface area contributed by atoms with E-state index in [1.807, 2.05) is 30.3 Å². The first-order chi connectivity index (χ1) is 12.2. The zero-order valence-corrected chi connectivity index (χ0v) is 14.6. The van der Waals surface area contributed by atoms with Crippen molar-refractivity contribution in [3.63, 3.8) is 0 Å². The lowest BCUT2D eigenvalue weighted by atomic mass is 9.83. The van der Waals surface area contributed by atoms with Crippen molar-refractivity contribution in [3.05, 3.63) is 35.9 Å². The summed E-state index contributed by atoms with van der Waals surface area (Å²) in [6.45, 7) is 3.05. The molecule has 1 N–H and O–H groups in total. The minimum atomic E-state index is -1.04. The Hall–Kier alpha value is -1.88. The highest BCUT2D eigenvalue weighted by Gasteiger charge is 2.46. The number of hydrogen-bond donors (Lipinski definition) is 1. The summed E-state index contributed by atoms with van der Waals surface area (Å²) in [7, 11) is 0. The third-order valence-corrected chi connectivity index (χ3v) is 6.03. The highest BCUT2D eigenvalue weighted by molar-refractivity contribution is 5.89. The molecule has 1 aromatic rings. The van der Waals surface area contributed by atoms with Gasteiger partial charge in [0, 0.05) is 13.0 Å². The second-order valence-electron chi connectivity index (χ2n) is 7.61. The molecule has 1 amide bonds. The number of benzene rings is 1. The Bertz CT molecular complexity index is 640. The van der Waals surface area contributed by atoms with E-state index in [0.29, 0.717) is 18.8 Å². The molecule has 4 aliphatic heterocycles. The molecule has 5 heteroatoms. The summed E-state index contributed by atoms with van der Waals surface area (Å²) in [5.74, 6) is 0.114. The molecule has 25 heavy (non-hydrogen) atoms. The minimum Gasteiger partial charge on any atom is -0.459 e. The topological polar surface area (TPSA) is 58.6 Å². The van der Waals surface area contributed by atoms with Crippen molar-refractivity contribution in [1.82, 2.24) is 10.2 Å². The molecule has 5 nitrogen and oxygen atoms in total. The van der Waals surface area contributed by atoms with Crippen molar-refractivity contribution in [2.75, 3.05) is 19.6 Å². The van der Waals surface area contributed by atoms with Crippen LogP contribution in [0, 0.1) is 5.92 Å². The molecule has 0 radical (unpaired) electrons. The van der Waals surface area contributed by atoms with Crippen molar-refractivity contribution in [2.45, 2.75) is 50.2 Å². The fraction of sp³-hybridized carbons (Fsp3) is 0.600. The monoisotopic (exact) mass is 342 g/mol. The maximum atomic E-state index is 13.3. The molecule has 4 saturated heterocycles. The summed E-state index contributed by atoms with van der Waals surface area (Å²) in [6.07, 6.45) is 4.88. The van der Waals surface area contributed by atoms with Gasteiger partial charge in [-0.25, -0.2) is 4.79 Å². The standard InChI is InChI=1S/C20H26N2O3/c23-18-8-4-5-11-20(21-18,16-6-2-1-3-7-16)19(24)25-17-14-22-12-9-15(17)10-13-22/h1-3,6-7,15,17H,4-5,8-14H2,(H,21,23). The molecular formula is C20H26N2O3. The molecule has 2 unspecified atom stereocenters. The lowest BCUT2D eigenvalue weighted by Gasteiger charge is -2.45. The number of rotatable bonds is 3. The molecule has 4 fully saturated rings. The second kappa shape index (κ2) is 6.79. The maximum absolute atomic E-state index is 13.3. The average Bonchev–Trinajstić information content (AvgIpc) is 2.86. The van der Waals surface area contributed by atoms with E-state index in [1.54, 1.807) is 0 Å². The van der Waals surface area contributed by atoms with Crippen LogP contribution in [0.1, 0.15) is 44.1 Å². The Morgan fingerprint density at radius 2 is 1.92 bits per heavy atom. The van der Waals surface area contributed by atoms with Gasteiger partial charge in [0.05, 0.1) is 0 Å². The van der Waals surface area contributed by atoms with E-state index in [2.05, 4.69) is 10.2 Å². The third kappa shape index (κ3) is 3.17. The summed E-state index contributed by atoms with van der Waals surface area (Å²) >= 11 is 0. The van der Waals surface area contributed by atoms with E-state index in [1.165, 1.54) is 0 Å². The van der Waals surface area contributed by atoms with E-state index >= 15 is 0 Å². The molecule has 0 spiro atoms. The van der Waals surface area contributed by atoms with E-state index in [0.717, 1.165) is 50.9 Å². The van der Waals surface area contributed by atoms with Gasteiger partial charge < -0.3 is 10.1 Å². The molecule has 2 atom stereocenters. The largest absolute Gasteiger partial charge is 0.459 e. The van der Waals surface area contributed by atoms with Crippen LogP contribution in [0.5, 0.6) is 0 Å². The number of esters is 1. The van der Waals surface area contributed by atoms with Gasteiger partial charge in [0.15, 0.2) is 5.54 Å². The molecule has 2 bridgehead atoms. The highest BCUT2D eigenvalue weighted by Crippen LogP contribution is 2.35. The first-order valence-electron chi connectivity index (χ1n) is 9.47. The van der Waals surface area contributed by atoms with Crippen LogP contribution in [0.4, 0.5) is 0 Å². The van der Waals surface area contributed by atoms with E-state index in [4.69, 9.17) is 4.74 Å². The number of ether oxygens (including phenoxy) is 1. The normalized spacial score (nSPS) is 34.9. The van der Waals surface area contributed by atoms with Gasteiger partial charge >= 0.3 is 5.97 Å². The number of nitrogens with zero attached hydrogens (tertiary/aromatic N) is 1. The second-order valence-corrected chi connectivity index (χ2v) is 7.61. The van der Waals surface area contributed by atoms with Crippen LogP contribution >= 0.6 is 0 Å². The Morgan fingerprint density at radius 1 is 1.16 bits per heavy atom. The lowest BCUT2D eigenvalue weighted by molar-refractivity contribution is -0.169. The lowest BCUT2D eigenvalue weighted by Crippen LogP contribution is -2.56. The molecule has 0 saturated carbocycles. The highest BCUT2D eigenvalue weighted by atomic mass is 16.5. The Morgan fingerprint density at radius 3 is 2.60 bits per heavy atom. The van der Waals surface area contributed by atoms with Crippen LogP contribution in [0.3, 0.4) is 0 Å². The summed E-state index contributed by atoms with van der Waals surface area (Å²) in [5.41, 5.74) is -0.211. The van der Waals surface area contributed by atoms with Gasteiger partial charge in [-0.15, -0.1) is 0 Å². The summed E-state index contributed by atoms with van der Waals surface area (Å²) < 4.78 is 6.03. The van der Waals surface area contributed by atoms with Gasteiger partial charge in [0.25, 0.3) is 0 Å². The summed E-state index contributed by atoms with van der Waals surface area (Å²) in [6, 6.07) is 9.59. The van der Waals surface area contributed by atoms with Crippen molar-refractivity contribution in [2.24, 2.45) is 5.92 Å². The third-order valence-electron chi connectivity index (χ3n) is 6.03. The summed E-state index contributed by atoms with van der Waals surface area (Å²) in [5, 5.41) is 3.02. The molecule has 4 aliphatic rings. The predicted octanol–water partition coefficient (Wildman–Crippen LogP) is 2.21. The fourth-order valence-electron chi connectivity index (χ4n) is 4.53. The number of piperidine rings is 3. The molecule has 4 heterocycles. The number of fused-ring (bicyclic) bond motifs is 3. The first kappa shape index (κ1) is 16.6. The zero-order valence-electron chi connectivity index (χ0n) is 14.6. The minimum absolute atomic E-state index is 0.0456. The van der Waals surface area contributed by atoms with E-state index < -0.39 is 5.54 Å². The molecule has 0 aliphatic carbocycles. The molecular weight excluding hydrogens is 316 g/mol. The number of hydrogen-bond acceptors (Lipinski definition) is 4. The van der Waals surface area contributed by atoms with Crippen LogP contribution in [-0.2, 0) is 19.9 Å². The van der Waals surface area contributed by atoms with Gasteiger partial charge in [-0.2, -0.15) is 0 Å². The quantitative estimate of drug-likeness (QED) is 0.856. The first-order valence-corrected chi connectivity index (χ1v) is 9.47. The predicted molar refractivity (Wildman–Crippen MR) is 93.8 cm³/mol. The number of amides is 1. The number of nitrogens with one attached hydrogen (secondary N) is 1. The Balaban J connectivity index is 1.61. The van der Waals surface area contributed by atoms with Gasteiger partial charge in [-0.3, -0.25) is 9.69 Å².